The second-order valence-corrected chi connectivity index (χ2v) is 5.52. The summed E-state index contributed by atoms with van der Waals surface area (Å²) >= 11 is 0. The minimum Gasteiger partial charge on any atom is -0.356 e. The Morgan fingerprint density at radius 3 is 2.58 bits per heavy atom. The maximum absolute atomic E-state index is 12.7. The molecule has 2 aromatic heterocycles. The first kappa shape index (κ1) is 16.0. The van der Waals surface area contributed by atoms with Gasteiger partial charge in [-0.2, -0.15) is 23.5 Å². The first-order valence-electron chi connectivity index (χ1n) is 7.13. The summed E-state index contributed by atoms with van der Waals surface area (Å²) in [4.78, 5) is 17.7. The van der Waals surface area contributed by atoms with E-state index in [2.05, 4.69) is 10.1 Å². The lowest BCUT2D eigenvalue weighted by Crippen LogP contribution is -2.50. The average molecular weight is 335 g/mol. The van der Waals surface area contributed by atoms with Crippen LogP contribution in [0.25, 0.3) is 0 Å². The number of rotatable bonds is 3. The largest absolute Gasteiger partial charge is 0.435 e. The van der Waals surface area contributed by atoms with Gasteiger partial charge in [-0.1, -0.05) is 0 Å². The van der Waals surface area contributed by atoms with Crippen molar-refractivity contribution >= 4 is 5.82 Å². The average Bonchev–Trinajstić information content (AvgIpc) is 2.51. The minimum absolute atomic E-state index is 0.0103. The number of nitrogens with zero attached hydrogens (tertiary/aromatic N) is 5. The van der Waals surface area contributed by atoms with Gasteiger partial charge in [0.1, 0.15) is 11.9 Å². The first-order chi connectivity index (χ1) is 11.4. The van der Waals surface area contributed by atoms with Crippen molar-refractivity contribution in [1.82, 2.24) is 14.8 Å². The van der Waals surface area contributed by atoms with Crippen LogP contribution >= 0.6 is 0 Å². The number of hydrogen-bond donors (Lipinski definition) is 0. The Morgan fingerprint density at radius 1 is 1.25 bits per heavy atom. The van der Waals surface area contributed by atoms with E-state index in [1.807, 2.05) is 11.0 Å². The van der Waals surface area contributed by atoms with Crippen molar-refractivity contribution in [2.45, 2.75) is 12.7 Å². The van der Waals surface area contributed by atoms with Crippen LogP contribution in [0, 0.1) is 17.2 Å². The highest BCUT2D eigenvalue weighted by molar-refractivity contribution is 5.44. The van der Waals surface area contributed by atoms with Crippen LogP contribution in [0.4, 0.5) is 19.0 Å². The molecule has 1 aliphatic rings. The van der Waals surface area contributed by atoms with Gasteiger partial charge in [-0.25, -0.2) is 9.67 Å². The molecule has 0 aliphatic carbocycles. The van der Waals surface area contributed by atoms with E-state index in [-0.39, 0.29) is 12.5 Å². The van der Waals surface area contributed by atoms with Crippen molar-refractivity contribution in [1.29, 1.82) is 5.26 Å². The Balaban J connectivity index is 1.65. The smallest absolute Gasteiger partial charge is 0.356 e. The third-order valence-corrected chi connectivity index (χ3v) is 3.75. The second kappa shape index (κ2) is 5.96. The van der Waals surface area contributed by atoms with Crippen molar-refractivity contribution in [2.24, 2.45) is 5.92 Å². The van der Waals surface area contributed by atoms with E-state index in [1.165, 1.54) is 6.20 Å². The van der Waals surface area contributed by atoms with E-state index < -0.39 is 17.4 Å². The molecule has 0 aromatic carbocycles. The van der Waals surface area contributed by atoms with E-state index in [0.29, 0.717) is 30.5 Å². The van der Waals surface area contributed by atoms with Crippen LogP contribution in [0.2, 0.25) is 0 Å². The summed E-state index contributed by atoms with van der Waals surface area (Å²) in [6, 6.07) is 6.90. The molecular formula is C15H12F3N5O. The van der Waals surface area contributed by atoms with Crippen molar-refractivity contribution < 1.29 is 13.2 Å². The summed E-state index contributed by atoms with van der Waals surface area (Å²) < 4.78 is 38.8. The molecule has 0 atom stereocenters. The maximum atomic E-state index is 12.7. The fourth-order valence-electron chi connectivity index (χ4n) is 2.49. The van der Waals surface area contributed by atoms with E-state index in [4.69, 9.17) is 5.26 Å². The lowest BCUT2D eigenvalue weighted by molar-refractivity contribution is -0.142. The molecule has 3 heterocycles. The second-order valence-electron chi connectivity index (χ2n) is 5.52. The summed E-state index contributed by atoms with van der Waals surface area (Å²) in [5, 5.41) is 12.1. The van der Waals surface area contributed by atoms with Gasteiger partial charge in [-0.3, -0.25) is 4.79 Å². The zero-order chi connectivity index (χ0) is 17.3. The van der Waals surface area contributed by atoms with E-state index in [0.717, 1.165) is 10.7 Å². The van der Waals surface area contributed by atoms with Crippen LogP contribution in [-0.2, 0) is 12.7 Å². The molecule has 1 saturated heterocycles. The van der Waals surface area contributed by atoms with Gasteiger partial charge in [-0.15, -0.1) is 0 Å². The fraction of sp³-hybridized carbons (Fsp3) is 0.333. The van der Waals surface area contributed by atoms with Crippen LogP contribution in [-0.4, -0.2) is 27.9 Å². The fourth-order valence-corrected chi connectivity index (χ4v) is 2.49. The predicted octanol–water partition coefficient (Wildman–Crippen LogP) is 1.67. The van der Waals surface area contributed by atoms with Gasteiger partial charge < -0.3 is 4.90 Å². The minimum atomic E-state index is -4.58. The van der Waals surface area contributed by atoms with Gasteiger partial charge in [0.15, 0.2) is 5.69 Å². The number of hydrogen-bond acceptors (Lipinski definition) is 5. The molecule has 1 fully saturated rings. The van der Waals surface area contributed by atoms with Gasteiger partial charge in [0.25, 0.3) is 5.56 Å². The van der Waals surface area contributed by atoms with Gasteiger partial charge >= 0.3 is 6.18 Å². The summed E-state index contributed by atoms with van der Waals surface area (Å²) in [5.74, 6) is 0.700. The van der Waals surface area contributed by atoms with Crippen LogP contribution in [0.15, 0.2) is 35.3 Å². The van der Waals surface area contributed by atoms with Gasteiger partial charge in [-0.05, 0) is 18.2 Å². The first-order valence-corrected chi connectivity index (χ1v) is 7.13. The maximum Gasteiger partial charge on any atom is 0.435 e. The molecule has 0 amide bonds. The molecule has 0 saturated carbocycles. The van der Waals surface area contributed by atoms with Gasteiger partial charge in [0.2, 0.25) is 0 Å². The van der Waals surface area contributed by atoms with Crippen molar-refractivity contribution in [3.05, 3.63) is 52.1 Å². The van der Waals surface area contributed by atoms with Crippen molar-refractivity contribution in [3.63, 3.8) is 0 Å². The number of anilines is 1. The molecule has 3 rings (SSSR count). The summed E-state index contributed by atoms with van der Waals surface area (Å²) in [6.45, 7) is 1.24. The van der Waals surface area contributed by atoms with Crippen LogP contribution in [0.3, 0.4) is 0 Å². The Labute approximate surface area is 134 Å². The molecule has 0 radical (unpaired) electrons. The Hall–Kier alpha value is -2.89. The third kappa shape index (κ3) is 3.22. The molecule has 0 spiro atoms. The molecule has 9 heteroatoms. The molecule has 2 aromatic rings. The summed E-state index contributed by atoms with van der Waals surface area (Å²) in [7, 11) is 0. The molecule has 24 heavy (non-hydrogen) atoms. The quantitative estimate of drug-likeness (QED) is 0.853. The zero-order valence-corrected chi connectivity index (χ0v) is 12.4. The monoisotopic (exact) mass is 335 g/mol. The number of alkyl halides is 3. The number of nitriles is 1. The molecule has 0 bridgehead atoms. The van der Waals surface area contributed by atoms with Gasteiger partial charge in [0, 0.05) is 31.3 Å². The standard InChI is InChI=1S/C15H12F3N5O/c16-15(17,18)12-2-4-14(24)23(21-12)9-11-7-22(8-11)13-3-1-10(5-19)6-20-13/h1-4,6,11H,7-9H2. The predicted molar refractivity (Wildman–Crippen MR) is 78.2 cm³/mol. The molecule has 0 unspecified atom stereocenters. The molecule has 1 aliphatic heterocycles. The normalized spacial score (nSPS) is 15.0. The van der Waals surface area contributed by atoms with Crippen molar-refractivity contribution in [3.8, 4) is 6.07 Å². The van der Waals surface area contributed by atoms with Crippen LogP contribution in [0.5, 0.6) is 0 Å². The highest BCUT2D eigenvalue weighted by Crippen LogP contribution is 2.27. The highest BCUT2D eigenvalue weighted by Gasteiger charge is 2.34. The highest BCUT2D eigenvalue weighted by atomic mass is 19.4. The summed E-state index contributed by atoms with van der Waals surface area (Å²) in [5.41, 5.74) is -1.18. The molecule has 0 N–H and O–H groups in total. The topological polar surface area (TPSA) is 74.8 Å². The number of halogens is 3. The van der Waals surface area contributed by atoms with E-state index in [1.54, 1.807) is 12.1 Å². The Bertz CT molecular complexity index is 832. The van der Waals surface area contributed by atoms with Crippen LogP contribution < -0.4 is 10.5 Å². The lowest BCUT2D eigenvalue weighted by Gasteiger charge is -2.40. The van der Waals surface area contributed by atoms with Gasteiger partial charge in [0.05, 0.1) is 12.1 Å². The molecule has 124 valence electrons. The van der Waals surface area contributed by atoms with E-state index in [9.17, 15) is 18.0 Å². The third-order valence-electron chi connectivity index (χ3n) is 3.75. The lowest BCUT2D eigenvalue weighted by atomic mass is 10.0. The van der Waals surface area contributed by atoms with E-state index >= 15 is 0 Å². The number of aromatic nitrogens is 3. The summed E-state index contributed by atoms with van der Waals surface area (Å²) in [6.07, 6.45) is -3.12. The van der Waals surface area contributed by atoms with Crippen LogP contribution in [0.1, 0.15) is 11.3 Å². The molecule has 6 nitrogen and oxygen atoms in total. The number of pyridine rings is 1. The Morgan fingerprint density at radius 2 is 2.00 bits per heavy atom. The Kier molecular flexibility index (Phi) is 3.97. The molecular weight excluding hydrogens is 323 g/mol. The SMILES string of the molecule is N#Cc1ccc(N2CC(Cn3nc(C(F)(F)F)ccc3=O)C2)nc1. The van der Waals surface area contributed by atoms with Crippen molar-refractivity contribution in [2.75, 3.05) is 18.0 Å². The zero-order valence-electron chi connectivity index (χ0n) is 12.4.